The van der Waals surface area contributed by atoms with Crippen molar-refractivity contribution in [3.63, 3.8) is 0 Å². The molecule has 1 aromatic carbocycles. The van der Waals surface area contributed by atoms with E-state index >= 15 is 0 Å². The minimum atomic E-state index is 0.603. The molecule has 110 valence electrons. The average Bonchev–Trinajstić information content (AvgIpc) is 2.84. The Morgan fingerprint density at radius 1 is 1.00 bits per heavy atom. The third-order valence-corrected chi connectivity index (χ3v) is 3.08. The maximum Gasteiger partial charge on any atom is 0.0701 e. The van der Waals surface area contributed by atoms with Gasteiger partial charge in [0.2, 0.25) is 0 Å². The van der Waals surface area contributed by atoms with Gasteiger partial charge in [-0.25, -0.2) is 0 Å². The van der Waals surface area contributed by atoms with Crippen molar-refractivity contribution in [3.8, 4) is 0 Å². The van der Waals surface area contributed by atoms with Crippen molar-refractivity contribution in [2.45, 2.75) is 6.54 Å². The summed E-state index contributed by atoms with van der Waals surface area (Å²) < 4.78 is 17.9. The number of nitrogen functional groups attached to an aromatic ring is 1. The highest BCUT2D eigenvalue weighted by Gasteiger charge is 2.01. The first-order valence-corrected chi connectivity index (χ1v) is 6.80. The number of nitrogens with two attached hydrogens (primary N) is 1. The monoisotopic (exact) mass is 278 g/mol. The molecule has 0 radical (unpaired) electrons. The number of benzene rings is 1. The fourth-order valence-electron chi connectivity index (χ4n) is 2.04. The van der Waals surface area contributed by atoms with Crippen LogP contribution in [0.1, 0.15) is 0 Å². The van der Waals surface area contributed by atoms with Gasteiger partial charge >= 0.3 is 0 Å². The number of methoxy groups -OCH3 is 1. The second-order valence-corrected chi connectivity index (χ2v) is 4.54. The Balaban J connectivity index is 1.68. The molecular weight excluding hydrogens is 256 g/mol. The summed E-state index contributed by atoms with van der Waals surface area (Å²) >= 11 is 0. The first-order valence-electron chi connectivity index (χ1n) is 6.80. The van der Waals surface area contributed by atoms with Gasteiger partial charge in [0.15, 0.2) is 0 Å². The van der Waals surface area contributed by atoms with E-state index < -0.39 is 0 Å². The molecule has 0 aliphatic heterocycles. The number of nitrogens with zero attached hydrogens (tertiary/aromatic N) is 1. The van der Waals surface area contributed by atoms with E-state index in [0.29, 0.717) is 33.0 Å². The predicted molar refractivity (Wildman–Crippen MR) is 79.9 cm³/mol. The predicted octanol–water partition coefficient (Wildman–Crippen LogP) is 1.90. The molecule has 5 nitrogen and oxygen atoms in total. The van der Waals surface area contributed by atoms with Gasteiger partial charge in [-0.2, -0.15) is 0 Å². The van der Waals surface area contributed by atoms with Gasteiger partial charge in [-0.1, -0.05) is 0 Å². The standard InChI is InChI=1S/C15H22N2O3/c1-18-8-9-20-11-10-19-7-6-17-5-4-13-12-14(16)2-3-15(13)17/h2-5,12H,6-11,16H2,1H3. The fraction of sp³-hybridized carbons (Fsp3) is 0.467. The van der Waals surface area contributed by atoms with Crippen molar-refractivity contribution in [1.29, 1.82) is 0 Å². The second-order valence-electron chi connectivity index (χ2n) is 4.54. The Bertz CT molecular complexity index is 525. The zero-order valence-corrected chi connectivity index (χ0v) is 11.9. The van der Waals surface area contributed by atoms with E-state index in [2.05, 4.69) is 16.8 Å². The van der Waals surface area contributed by atoms with Gasteiger partial charge in [0.25, 0.3) is 0 Å². The summed E-state index contributed by atoms with van der Waals surface area (Å²) in [6, 6.07) is 8.01. The minimum Gasteiger partial charge on any atom is -0.399 e. The van der Waals surface area contributed by atoms with Crippen LogP contribution in [0.2, 0.25) is 0 Å². The normalized spacial score (nSPS) is 11.2. The lowest BCUT2D eigenvalue weighted by Crippen LogP contribution is -2.11. The molecular formula is C15H22N2O3. The fourth-order valence-corrected chi connectivity index (χ4v) is 2.04. The lowest BCUT2D eigenvalue weighted by molar-refractivity contribution is 0.0232. The Hall–Kier alpha value is -1.56. The van der Waals surface area contributed by atoms with Gasteiger partial charge in [-0.3, -0.25) is 0 Å². The second kappa shape index (κ2) is 7.89. The van der Waals surface area contributed by atoms with Crippen LogP contribution in [0.5, 0.6) is 0 Å². The summed E-state index contributed by atoms with van der Waals surface area (Å²) in [5.74, 6) is 0. The molecule has 2 aromatic rings. The summed E-state index contributed by atoms with van der Waals surface area (Å²) in [4.78, 5) is 0. The van der Waals surface area contributed by atoms with Crippen LogP contribution < -0.4 is 5.73 Å². The van der Waals surface area contributed by atoms with Gasteiger partial charge in [-0.15, -0.1) is 0 Å². The van der Waals surface area contributed by atoms with Crippen molar-refractivity contribution in [2.75, 3.05) is 45.9 Å². The van der Waals surface area contributed by atoms with Gasteiger partial charge in [0, 0.05) is 36.4 Å². The maximum absolute atomic E-state index is 5.77. The van der Waals surface area contributed by atoms with Crippen LogP contribution in [0.3, 0.4) is 0 Å². The number of fused-ring (bicyclic) bond motifs is 1. The highest BCUT2D eigenvalue weighted by molar-refractivity contribution is 5.83. The topological polar surface area (TPSA) is 58.6 Å². The van der Waals surface area contributed by atoms with E-state index in [-0.39, 0.29) is 0 Å². The van der Waals surface area contributed by atoms with Crippen LogP contribution in [-0.4, -0.2) is 44.7 Å². The van der Waals surface area contributed by atoms with Crippen molar-refractivity contribution in [1.82, 2.24) is 4.57 Å². The molecule has 1 aromatic heterocycles. The molecule has 0 spiro atoms. The number of rotatable bonds is 9. The molecule has 20 heavy (non-hydrogen) atoms. The third-order valence-electron chi connectivity index (χ3n) is 3.08. The molecule has 5 heteroatoms. The van der Waals surface area contributed by atoms with Gasteiger partial charge < -0.3 is 24.5 Å². The molecule has 0 saturated heterocycles. The van der Waals surface area contributed by atoms with E-state index in [1.165, 1.54) is 5.52 Å². The van der Waals surface area contributed by atoms with E-state index in [9.17, 15) is 0 Å². The summed E-state index contributed by atoms with van der Waals surface area (Å²) in [7, 11) is 1.66. The Labute approximate surface area is 119 Å². The molecule has 2 rings (SSSR count). The van der Waals surface area contributed by atoms with E-state index in [4.69, 9.17) is 19.9 Å². The van der Waals surface area contributed by atoms with E-state index in [0.717, 1.165) is 17.6 Å². The van der Waals surface area contributed by atoms with Gasteiger partial charge in [-0.05, 0) is 24.3 Å². The smallest absolute Gasteiger partial charge is 0.0701 e. The number of hydrogen-bond acceptors (Lipinski definition) is 4. The number of ether oxygens (including phenoxy) is 3. The van der Waals surface area contributed by atoms with Gasteiger partial charge in [0.05, 0.1) is 33.0 Å². The molecule has 0 unspecified atom stereocenters. The summed E-state index contributed by atoms with van der Waals surface area (Å²) in [6.07, 6.45) is 2.06. The van der Waals surface area contributed by atoms with Crippen LogP contribution >= 0.6 is 0 Å². The van der Waals surface area contributed by atoms with Crippen molar-refractivity contribution in [3.05, 3.63) is 30.5 Å². The lowest BCUT2D eigenvalue weighted by atomic mass is 10.2. The average molecular weight is 278 g/mol. The first kappa shape index (κ1) is 14.8. The zero-order chi connectivity index (χ0) is 14.2. The molecule has 0 bridgehead atoms. The van der Waals surface area contributed by atoms with Crippen LogP contribution in [0.4, 0.5) is 5.69 Å². The molecule has 0 saturated carbocycles. The Kier molecular flexibility index (Phi) is 5.86. The zero-order valence-electron chi connectivity index (χ0n) is 11.9. The van der Waals surface area contributed by atoms with Crippen LogP contribution in [0.15, 0.2) is 30.5 Å². The van der Waals surface area contributed by atoms with Crippen molar-refractivity contribution < 1.29 is 14.2 Å². The maximum atomic E-state index is 5.77. The largest absolute Gasteiger partial charge is 0.399 e. The molecule has 0 atom stereocenters. The molecule has 0 aliphatic rings. The molecule has 0 fully saturated rings. The highest BCUT2D eigenvalue weighted by atomic mass is 16.5. The van der Waals surface area contributed by atoms with E-state index in [1.807, 2.05) is 18.2 Å². The molecule has 2 N–H and O–H groups in total. The summed E-state index contributed by atoms with van der Waals surface area (Å²) in [5, 5.41) is 1.16. The van der Waals surface area contributed by atoms with Crippen LogP contribution in [-0.2, 0) is 20.8 Å². The minimum absolute atomic E-state index is 0.603. The molecule has 0 aliphatic carbocycles. The van der Waals surface area contributed by atoms with Crippen molar-refractivity contribution in [2.24, 2.45) is 0 Å². The Morgan fingerprint density at radius 2 is 1.75 bits per heavy atom. The van der Waals surface area contributed by atoms with E-state index in [1.54, 1.807) is 7.11 Å². The number of hydrogen-bond donors (Lipinski definition) is 1. The van der Waals surface area contributed by atoms with Crippen molar-refractivity contribution >= 4 is 16.6 Å². The first-order chi connectivity index (χ1) is 9.81. The third kappa shape index (κ3) is 4.23. The Morgan fingerprint density at radius 3 is 2.55 bits per heavy atom. The summed E-state index contributed by atoms with van der Waals surface area (Å²) in [5.41, 5.74) is 7.74. The number of anilines is 1. The SMILES string of the molecule is COCCOCCOCCn1ccc2cc(N)ccc21. The molecule has 1 heterocycles. The quantitative estimate of drug-likeness (QED) is 0.562. The van der Waals surface area contributed by atoms with Gasteiger partial charge in [0.1, 0.15) is 0 Å². The highest BCUT2D eigenvalue weighted by Crippen LogP contribution is 2.18. The number of aromatic nitrogens is 1. The lowest BCUT2D eigenvalue weighted by Gasteiger charge is -2.07. The van der Waals surface area contributed by atoms with Crippen LogP contribution in [0.25, 0.3) is 10.9 Å². The van der Waals surface area contributed by atoms with Crippen LogP contribution in [0, 0.1) is 0 Å². The molecule has 0 amide bonds. The summed E-state index contributed by atoms with van der Waals surface area (Å²) in [6.45, 7) is 3.94.